The van der Waals surface area contributed by atoms with Crippen LogP contribution in [-0.4, -0.2) is 11.2 Å². The molecule has 4 heteroatoms. The molecule has 0 aromatic heterocycles. The summed E-state index contributed by atoms with van der Waals surface area (Å²) >= 11 is 0. The maximum atomic E-state index is 9.95. The first-order chi connectivity index (χ1) is 5.79. The highest BCUT2D eigenvalue weighted by Crippen LogP contribution is 1.98. The van der Waals surface area contributed by atoms with E-state index in [9.17, 15) is 4.79 Å². The molecular formula is C8H9NO3. The highest BCUT2D eigenvalue weighted by Gasteiger charge is 1.94. The third kappa shape index (κ3) is 3.03. The third-order valence-electron chi connectivity index (χ3n) is 1.24. The highest BCUT2D eigenvalue weighted by atomic mass is 16.7. The van der Waals surface area contributed by atoms with Gasteiger partial charge >= 0.3 is 6.09 Å². The van der Waals surface area contributed by atoms with Crippen molar-refractivity contribution in [1.29, 1.82) is 0 Å². The molecule has 4 nitrogen and oxygen atoms in total. The molecule has 2 N–H and O–H groups in total. The molecule has 0 radical (unpaired) electrons. The van der Waals surface area contributed by atoms with Crippen LogP contribution in [0, 0.1) is 0 Å². The van der Waals surface area contributed by atoms with Crippen LogP contribution in [0.3, 0.4) is 0 Å². The Morgan fingerprint density at radius 1 is 1.42 bits per heavy atom. The normalized spacial score (nSPS) is 9.33. The van der Waals surface area contributed by atoms with Crippen molar-refractivity contribution in [3.05, 3.63) is 35.9 Å². The zero-order valence-electron chi connectivity index (χ0n) is 6.36. The first-order valence-electron chi connectivity index (χ1n) is 3.43. The summed E-state index contributed by atoms with van der Waals surface area (Å²) in [5.74, 6) is 0. The van der Waals surface area contributed by atoms with Crippen LogP contribution in [0.1, 0.15) is 5.56 Å². The lowest BCUT2D eigenvalue weighted by atomic mass is 10.2. The molecule has 0 saturated heterocycles. The molecule has 0 aliphatic rings. The summed E-state index contributed by atoms with van der Waals surface area (Å²) in [4.78, 5) is 14.6. The van der Waals surface area contributed by atoms with Crippen molar-refractivity contribution in [3.8, 4) is 0 Å². The van der Waals surface area contributed by atoms with Crippen molar-refractivity contribution < 1.29 is 14.7 Å². The van der Waals surface area contributed by atoms with Crippen molar-refractivity contribution in [3.63, 3.8) is 0 Å². The average molecular weight is 167 g/mol. The van der Waals surface area contributed by atoms with Gasteiger partial charge in [0.25, 0.3) is 0 Å². The van der Waals surface area contributed by atoms with Crippen LogP contribution in [0.4, 0.5) is 4.79 Å². The number of benzene rings is 1. The Kier molecular flexibility index (Phi) is 3.10. The van der Waals surface area contributed by atoms with Crippen LogP contribution in [0.15, 0.2) is 30.3 Å². The van der Waals surface area contributed by atoms with Crippen molar-refractivity contribution in [2.45, 2.75) is 6.61 Å². The van der Waals surface area contributed by atoms with Crippen molar-refractivity contribution in [2.75, 3.05) is 0 Å². The molecule has 0 aliphatic heterocycles. The lowest BCUT2D eigenvalue weighted by Gasteiger charge is -2.01. The topological polar surface area (TPSA) is 58.6 Å². The second-order valence-corrected chi connectivity index (χ2v) is 2.18. The van der Waals surface area contributed by atoms with E-state index in [0.29, 0.717) is 0 Å². The summed E-state index contributed by atoms with van der Waals surface area (Å²) in [6, 6.07) is 9.31. The molecule has 0 heterocycles. The van der Waals surface area contributed by atoms with Crippen molar-refractivity contribution >= 4 is 6.09 Å². The fourth-order valence-electron chi connectivity index (χ4n) is 0.755. The Bertz CT molecular complexity index is 248. The molecule has 0 unspecified atom stereocenters. The van der Waals surface area contributed by atoms with Crippen molar-refractivity contribution in [1.82, 2.24) is 5.48 Å². The number of hydrogen-bond donors (Lipinski definition) is 2. The number of nitrogens with one attached hydrogen (secondary N) is 1. The molecule has 0 fully saturated rings. The van der Waals surface area contributed by atoms with Crippen LogP contribution in [0.25, 0.3) is 0 Å². The molecule has 64 valence electrons. The van der Waals surface area contributed by atoms with Gasteiger partial charge in [-0.25, -0.2) is 4.79 Å². The van der Waals surface area contributed by atoms with Gasteiger partial charge in [0.05, 0.1) is 6.61 Å². The Balaban J connectivity index is 2.29. The minimum Gasteiger partial charge on any atom is -0.464 e. The molecule has 0 bridgehead atoms. The van der Waals surface area contributed by atoms with E-state index in [0.717, 1.165) is 5.56 Å². The van der Waals surface area contributed by atoms with E-state index in [1.54, 1.807) is 0 Å². The first-order valence-corrected chi connectivity index (χ1v) is 3.43. The molecule has 0 atom stereocenters. The Labute approximate surface area is 69.7 Å². The second-order valence-electron chi connectivity index (χ2n) is 2.18. The van der Waals surface area contributed by atoms with Gasteiger partial charge in [-0.2, -0.15) is 5.48 Å². The van der Waals surface area contributed by atoms with Crippen LogP contribution in [-0.2, 0) is 11.4 Å². The quantitative estimate of drug-likeness (QED) is 0.668. The summed E-state index contributed by atoms with van der Waals surface area (Å²) in [5.41, 5.74) is 2.73. The monoisotopic (exact) mass is 167 g/mol. The standard InChI is InChI=1S/C8H9NO3/c10-8(11)9-12-6-7-4-2-1-3-5-7/h1-5,9H,6H2,(H,10,11). The molecule has 1 rings (SSSR count). The van der Waals surface area contributed by atoms with Gasteiger partial charge in [0, 0.05) is 0 Å². The van der Waals surface area contributed by atoms with Gasteiger partial charge in [0.2, 0.25) is 0 Å². The number of hydroxylamine groups is 1. The first kappa shape index (κ1) is 8.55. The number of amides is 1. The third-order valence-corrected chi connectivity index (χ3v) is 1.24. The largest absolute Gasteiger partial charge is 0.464 e. The fraction of sp³-hybridized carbons (Fsp3) is 0.125. The Morgan fingerprint density at radius 3 is 2.67 bits per heavy atom. The van der Waals surface area contributed by atoms with Gasteiger partial charge in [0.15, 0.2) is 0 Å². The maximum Gasteiger partial charge on any atom is 0.428 e. The molecule has 12 heavy (non-hydrogen) atoms. The van der Waals surface area contributed by atoms with Crippen LogP contribution in [0.2, 0.25) is 0 Å². The van der Waals surface area contributed by atoms with Gasteiger partial charge in [-0.1, -0.05) is 30.3 Å². The zero-order chi connectivity index (χ0) is 8.81. The highest BCUT2D eigenvalue weighted by molar-refractivity contribution is 5.62. The van der Waals surface area contributed by atoms with E-state index in [1.807, 2.05) is 35.8 Å². The minimum absolute atomic E-state index is 0.243. The average Bonchev–Trinajstić information content (AvgIpc) is 2.05. The molecular weight excluding hydrogens is 158 g/mol. The van der Waals surface area contributed by atoms with Gasteiger partial charge < -0.3 is 5.11 Å². The summed E-state index contributed by atoms with van der Waals surface area (Å²) < 4.78 is 0. The summed E-state index contributed by atoms with van der Waals surface area (Å²) in [5, 5.41) is 8.16. The number of hydrogen-bond acceptors (Lipinski definition) is 2. The second kappa shape index (κ2) is 4.35. The zero-order valence-corrected chi connectivity index (χ0v) is 6.36. The maximum absolute atomic E-state index is 9.95. The van der Waals surface area contributed by atoms with E-state index < -0.39 is 6.09 Å². The van der Waals surface area contributed by atoms with Gasteiger partial charge in [-0.3, -0.25) is 4.84 Å². The molecule has 1 aromatic rings. The summed E-state index contributed by atoms with van der Waals surface area (Å²) in [7, 11) is 0. The number of carbonyl (C=O) groups is 1. The number of rotatable bonds is 3. The SMILES string of the molecule is O=C(O)NOCc1ccccc1. The van der Waals surface area contributed by atoms with E-state index in [2.05, 4.69) is 4.84 Å². The van der Waals surface area contributed by atoms with Crippen molar-refractivity contribution in [2.24, 2.45) is 0 Å². The molecule has 0 saturated carbocycles. The van der Waals surface area contributed by atoms with Gasteiger partial charge in [-0.05, 0) is 5.56 Å². The molecule has 1 aromatic carbocycles. The minimum atomic E-state index is -1.19. The Morgan fingerprint density at radius 2 is 2.08 bits per heavy atom. The van der Waals surface area contributed by atoms with Crippen LogP contribution < -0.4 is 5.48 Å². The molecule has 0 spiro atoms. The van der Waals surface area contributed by atoms with E-state index in [1.165, 1.54) is 0 Å². The van der Waals surface area contributed by atoms with E-state index >= 15 is 0 Å². The smallest absolute Gasteiger partial charge is 0.428 e. The Hall–Kier alpha value is -1.55. The predicted molar refractivity (Wildman–Crippen MR) is 42.4 cm³/mol. The summed E-state index contributed by atoms with van der Waals surface area (Å²) in [6.45, 7) is 0.243. The van der Waals surface area contributed by atoms with Crippen LogP contribution >= 0.6 is 0 Å². The molecule has 1 amide bonds. The summed E-state index contributed by atoms with van der Waals surface area (Å²) in [6.07, 6.45) is -1.19. The predicted octanol–water partition coefficient (Wildman–Crippen LogP) is 1.39. The fourth-order valence-corrected chi connectivity index (χ4v) is 0.755. The van der Waals surface area contributed by atoms with E-state index in [4.69, 9.17) is 5.11 Å². The van der Waals surface area contributed by atoms with Gasteiger partial charge in [-0.15, -0.1) is 0 Å². The van der Waals surface area contributed by atoms with Gasteiger partial charge in [0.1, 0.15) is 0 Å². The number of carboxylic acid groups (broad SMARTS) is 1. The lowest BCUT2D eigenvalue weighted by Crippen LogP contribution is -2.20. The van der Waals surface area contributed by atoms with Crippen LogP contribution in [0.5, 0.6) is 0 Å². The van der Waals surface area contributed by atoms with E-state index in [-0.39, 0.29) is 6.61 Å². The molecule has 0 aliphatic carbocycles. The lowest BCUT2D eigenvalue weighted by molar-refractivity contribution is 0.0315.